The third-order valence-corrected chi connectivity index (χ3v) is 6.93. The van der Waals surface area contributed by atoms with E-state index in [2.05, 4.69) is 15.7 Å². The lowest BCUT2D eigenvalue weighted by Crippen LogP contribution is -2.40. The number of carbonyl (C=O) groups excluding carboxylic acids is 1. The van der Waals surface area contributed by atoms with Crippen LogP contribution in [-0.2, 0) is 21.2 Å². The zero-order chi connectivity index (χ0) is 22.4. The van der Waals surface area contributed by atoms with Crippen LogP contribution in [0.2, 0.25) is 0 Å². The van der Waals surface area contributed by atoms with Crippen molar-refractivity contribution in [2.45, 2.75) is 11.3 Å². The molecular weight excluding hydrogens is 430 g/mol. The van der Waals surface area contributed by atoms with Gasteiger partial charge in [-0.3, -0.25) is 0 Å². The summed E-state index contributed by atoms with van der Waals surface area (Å²) in [5.41, 5.74) is 2.23. The van der Waals surface area contributed by atoms with E-state index in [4.69, 9.17) is 4.74 Å². The molecule has 2 N–H and O–H groups in total. The normalized spacial score (nSPS) is 14.8. The van der Waals surface area contributed by atoms with Crippen LogP contribution in [0.1, 0.15) is 5.69 Å². The van der Waals surface area contributed by atoms with Gasteiger partial charge in [-0.05, 0) is 36.4 Å². The number of nitrogens with zero attached hydrogens (tertiary/aromatic N) is 3. The highest BCUT2D eigenvalue weighted by Gasteiger charge is 2.26. The topological polar surface area (TPSA) is 106 Å². The monoisotopic (exact) mass is 455 g/mol. The summed E-state index contributed by atoms with van der Waals surface area (Å²) in [4.78, 5) is 12.4. The molecule has 0 unspecified atom stereocenters. The number of hydrogen-bond acceptors (Lipinski definition) is 5. The van der Waals surface area contributed by atoms with Crippen molar-refractivity contribution in [1.29, 1.82) is 0 Å². The molecule has 32 heavy (non-hydrogen) atoms. The summed E-state index contributed by atoms with van der Waals surface area (Å²) in [5.74, 6) is 0. The number of urea groups is 1. The number of hydrogen-bond donors (Lipinski definition) is 2. The Morgan fingerprint density at radius 2 is 1.81 bits per heavy atom. The molecule has 1 aromatic heterocycles. The Hall–Kier alpha value is -3.21. The van der Waals surface area contributed by atoms with Crippen molar-refractivity contribution in [3.63, 3.8) is 0 Å². The van der Waals surface area contributed by atoms with Crippen LogP contribution in [0.15, 0.2) is 71.8 Å². The van der Waals surface area contributed by atoms with Gasteiger partial charge in [0.15, 0.2) is 0 Å². The molecule has 2 aromatic carbocycles. The number of sulfonamides is 1. The maximum Gasteiger partial charge on any atom is 0.319 e. The number of rotatable bonds is 7. The molecule has 9 nitrogen and oxygen atoms in total. The van der Waals surface area contributed by atoms with Gasteiger partial charge in [0.05, 0.1) is 29.5 Å². The first-order valence-corrected chi connectivity index (χ1v) is 11.8. The minimum atomic E-state index is -3.62. The smallest absolute Gasteiger partial charge is 0.319 e. The first-order valence-electron chi connectivity index (χ1n) is 10.4. The van der Waals surface area contributed by atoms with Gasteiger partial charge >= 0.3 is 6.03 Å². The largest absolute Gasteiger partial charge is 0.379 e. The van der Waals surface area contributed by atoms with Crippen LogP contribution in [0.3, 0.4) is 0 Å². The fourth-order valence-electron chi connectivity index (χ4n) is 3.37. The summed E-state index contributed by atoms with van der Waals surface area (Å²) >= 11 is 0. The van der Waals surface area contributed by atoms with Gasteiger partial charge < -0.3 is 15.4 Å². The van der Waals surface area contributed by atoms with E-state index in [0.717, 1.165) is 11.4 Å². The molecular formula is C22H25N5O4S. The van der Waals surface area contributed by atoms with Crippen LogP contribution in [0, 0.1) is 0 Å². The summed E-state index contributed by atoms with van der Waals surface area (Å²) in [5, 5.41) is 9.97. The third kappa shape index (κ3) is 5.34. The summed E-state index contributed by atoms with van der Waals surface area (Å²) in [6, 6.07) is 17.5. The molecule has 0 spiro atoms. The number of anilines is 1. The van der Waals surface area contributed by atoms with Gasteiger partial charge in [-0.2, -0.15) is 9.40 Å². The quantitative estimate of drug-likeness (QED) is 0.569. The predicted octanol–water partition coefficient (Wildman–Crippen LogP) is 2.26. The van der Waals surface area contributed by atoms with E-state index in [1.807, 2.05) is 42.6 Å². The van der Waals surface area contributed by atoms with E-state index >= 15 is 0 Å². The number of carbonyl (C=O) groups is 1. The maximum absolute atomic E-state index is 12.8. The Morgan fingerprint density at radius 3 is 2.59 bits per heavy atom. The van der Waals surface area contributed by atoms with Crippen LogP contribution in [-0.4, -0.2) is 61.4 Å². The van der Waals surface area contributed by atoms with Gasteiger partial charge in [-0.15, -0.1) is 0 Å². The molecule has 1 aliphatic heterocycles. The second-order valence-electron chi connectivity index (χ2n) is 7.26. The highest BCUT2D eigenvalue weighted by molar-refractivity contribution is 7.89. The second kappa shape index (κ2) is 9.94. The molecule has 0 radical (unpaired) electrons. The van der Waals surface area contributed by atoms with Gasteiger partial charge in [0.1, 0.15) is 0 Å². The number of para-hydroxylation sites is 1. The molecule has 0 atom stereocenters. The molecule has 2 heterocycles. The van der Waals surface area contributed by atoms with Gasteiger partial charge in [0.25, 0.3) is 0 Å². The van der Waals surface area contributed by atoms with Crippen LogP contribution in [0.5, 0.6) is 0 Å². The fraction of sp³-hybridized carbons (Fsp3) is 0.273. The summed E-state index contributed by atoms with van der Waals surface area (Å²) < 4.78 is 34.0. The number of benzene rings is 2. The van der Waals surface area contributed by atoms with Crippen LogP contribution >= 0.6 is 0 Å². The van der Waals surface area contributed by atoms with E-state index in [9.17, 15) is 13.2 Å². The Bertz CT molecular complexity index is 1160. The van der Waals surface area contributed by atoms with Gasteiger partial charge in [0, 0.05) is 37.9 Å². The molecule has 4 rings (SSSR count). The zero-order valence-corrected chi connectivity index (χ0v) is 18.3. The van der Waals surface area contributed by atoms with Gasteiger partial charge in [-0.25, -0.2) is 17.9 Å². The van der Waals surface area contributed by atoms with Crippen molar-refractivity contribution in [3.8, 4) is 5.69 Å². The first kappa shape index (κ1) is 22.0. The van der Waals surface area contributed by atoms with Crippen LogP contribution < -0.4 is 10.6 Å². The maximum atomic E-state index is 12.8. The van der Waals surface area contributed by atoms with E-state index in [-0.39, 0.29) is 4.90 Å². The lowest BCUT2D eigenvalue weighted by atomic mass is 10.3. The van der Waals surface area contributed by atoms with Crippen LogP contribution in [0.25, 0.3) is 5.69 Å². The van der Waals surface area contributed by atoms with E-state index < -0.39 is 16.1 Å². The molecule has 2 amide bonds. The lowest BCUT2D eigenvalue weighted by molar-refractivity contribution is 0.0730. The van der Waals surface area contributed by atoms with Crippen molar-refractivity contribution < 1.29 is 17.9 Å². The molecule has 0 bridgehead atoms. The Morgan fingerprint density at radius 1 is 1.03 bits per heavy atom. The summed E-state index contributed by atoms with van der Waals surface area (Å²) in [6.07, 6.45) is 2.45. The van der Waals surface area contributed by atoms with Crippen LogP contribution in [0.4, 0.5) is 10.5 Å². The first-order chi connectivity index (χ1) is 15.5. The van der Waals surface area contributed by atoms with E-state index in [1.165, 1.54) is 16.4 Å². The molecule has 1 aliphatic rings. The summed E-state index contributed by atoms with van der Waals surface area (Å²) in [6.45, 7) is 1.79. The van der Waals surface area contributed by atoms with Gasteiger partial charge in [-0.1, -0.05) is 24.3 Å². The fourth-order valence-corrected chi connectivity index (χ4v) is 4.82. The average Bonchev–Trinajstić information content (AvgIpc) is 3.29. The minimum Gasteiger partial charge on any atom is -0.379 e. The predicted molar refractivity (Wildman–Crippen MR) is 120 cm³/mol. The lowest BCUT2D eigenvalue weighted by Gasteiger charge is -2.26. The standard InChI is InChI=1S/C22H25N5O4S/c28-22(23-11-9-18-10-12-27(25-18)20-6-2-1-3-7-20)24-19-5-4-8-21(17-19)32(29,30)26-13-15-31-16-14-26/h1-8,10,12,17H,9,11,13-16H2,(H2,23,24,28). The molecule has 168 valence electrons. The molecule has 0 saturated carbocycles. The SMILES string of the molecule is O=C(NCCc1ccn(-c2ccccc2)n1)Nc1cccc(S(=O)(=O)N2CCOCC2)c1. The highest BCUT2D eigenvalue weighted by atomic mass is 32.2. The number of ether oxygens (including phenoxy) is 1. The van der Waals surface area contributed by atoms with Crippen molar-refractivity contribution in [2.75, 3.05) is 38.2 Å². The number of morpholine rings is 1. The van der Waals surface area contributed by atoms with E-state index in [0.29, 0.717) is 45.0 Å². The molecule has 1 fully saturated rings. The van der Waals surface area contributed by atoms with E-state index in [1.54, 1.807) is 16.8 Å². The third-order valence-electron chi connectivity index (χ3n) is 5.03. The summed E-state index contributed by atoms with van der Waals surface area (Å²) in [7, 11) is -3.62. The second-order valence-corrected chi connectivity index (χ2v) is 9.20. The number of nitrogens with one attached hydrogen (secondary N) is 2. The van der Waals surface area contributed by atoms with Crippen molar-refractivity contribution >= 4 is 21.7 Å². The Kier molecular flexibility index (Phi) is 6.84. The zero-order valence-electron chi connectivity index (χ0n) is 17.5. The highest BCUT2D eigenvalue weighted by Crippen LogP contribution is 2.20. The Balaban J connectivity index is 1.30. The molecule has 1 saturated heterocycles. The molecule has 10 heteroatoms. The van der Waals surface area contributed by atoms with Gasteiger partial charge in [0.2, 0.25) is 10.0 Å². The number of aromatic nitrogens is 2. The molecule has 0 aliphatic carbocycles. The average molecular weight is 456 g/mol. The van der Waals surface area contributed by atoms with Crippen molar-refractivity contribution in [2.24, 2.45) is 0 Å². The Labute approximate surface area is 187 Å². The van der Waals surface area contributed by atoms with Crippen molar-refractivity contribution in [3.05, 3.63) is 72.6 Å². The van der Waals surface area contributed by atoms with Crippen molar-refractivity contribution in [1.82, 2.24) is 19.4 Å². The minimum absolute atomic E-state index is 0.142. The molecule has 3 aromatic rings. The number of amides is 2.